The highest BCUT2D eigenvalue weighted by molar-refractivity contribution is 6.45. The molecule has 2 rings (SSSR count). The Morgan fingerprint density at radius 1 is 1.29 bits per heavy atom. The van der Waals surface area contributed by atoms with E-state index in [1.807, 2.05) is 0 Å². The first kappa shape index (κ1) is 12.0. The van der Waals surface area contributed by atoms with Gasteiger partial charge in [0.1, 0.15) is 0 Å². The highest BCUT2D eigenvalue weighted by Gasteiger charge is 2.36. The number of aliphatic hydroxyl groups excluding tert-OH is 1. The molecule has 6 heteroatoms. The first-order valence-electron chi connectivity index (χ1n) is 5.88. The number of carbonyl (C=O) groups excluding carboxylic acids is 2. The molecule has 0 aromatic heterocycles. The van der Waals surface area contributed by atoms with E-state index in [1.165, 1.54) is 0 Å². The number of hydrogen-bond donors (Lipinski definition) is 3. The Hall–Kier alpha value is -1.43. The number of amides is 2. The van der Waals surface area contributed by atoms with E-state index in [-0.39, 0.29) is 12.6 Å². The van der Waals surface area contributed by atoms with Crippen molar-refractivity contribution in [1.82, 2.24) is 10.6 Å². The molecule has 0 unspecified atom stereocenters. The molecule has 1 aliphatic carbocycles. The fraction of sp³-hybridized carbons (Fsp3) is 0.727. The maximum Gasteiger partial charge on any atom is 0.316 e. The lowest BCUT2D eigenvalue weighted by atomic mass is 9.78. The van der Waals surface area contributed by atoms with Crippen molar-refractivity contribution in [3.05, 3.63) is 0 Å². The van der Waals surface area contributed by atoms with Crippen molar-refractivity contribution in [2.45, 2.75) is 38.1 Å². The summed E-state index contributed by atoms with van der Waals surface area (Å²) in [7, 11) is 0. The van der Waals surface area contributed by atoms with E-state index in [2.05, 4.69) is 22.5 Å². The van der Waals surface area contributed by atoms with Gasteiger partial charge in [-0.2, -0.15) is 0 Å². The summed E-state index contributed by atoms with van der Waals surface area (Å²) in [6.45, 7) is 2.11. The van der Waals surface area contributed by atoms with Crippen molar-refractivity contribution in [1.29, 1.82) is 0 Å². The van der Waals surface area contributed by atoms with Crippen LogP contribution in [-0.4, -0.2) is 35.0 Å². The van der Waals surface area contributed by atoms with Crippen LogP contribution in [0.15, 0.2) is 4.99 Å². The number of rotatable bonds is 2. The van der Waals surface area contributed by atoms with Crippen LogP contribution in [0.5, 0.6) is 0 Å². The van der Waals surface area contributed by atoms with Crippen LogP contribution in [0.25, 0.3) is 0 Å². The molecule has 2 amide bonds. The molecule has 2 fully saturated rings. The van der Waals surface area contributed by atoms with E-state index in [1.54, 1.807) is 0 Å². The van der Waals surface area contributed by atoms with Gasteiger partial charge in [-0.25, -0.2) is 4.99 Å². The molecule has 6 nitrogen and oxygen atoms in total. The Bertz CT molecular complexity index is 352. The smallest absolute Gasteiger partial charge is 0.316 e. The summed E-state index contributed by atoms with van der Waals surface area (Å²) in [6, 6.07) is 0. The van der Waals surface area contributed by atoms with E-state index >= 15 is 0 Å². The largest absolute Gasteiger partial charge is 0.394 e. The number of carbonyl (C=O) groups is 2. The number of hydrogen-bond acceptors (Lipinski definition) is 4. The molecule has 94 valence electrons. The summed E-state index contributed by atoms with van der Waals surface area (Å²) in [5.41, 5.74) is -0.549. The zero-order valence-electron chi connectivity index (χ0n) is 9.82. The molecule has 1 aliphatic heterocycles. The zero-order valence-corrected chi connectivity index (χ0v) is 9.82. The average Bonchev–Trinajstić information content (AvgIpc) is 2.62. The lowest BCUT2D eigenvalue weighted by molar-refractivity contribution is -0.135. The molecule has 0 radical (unpaired) electrons. The SMILES string of the molecule is CC1CCC(CO)(N=C2NC(=O)C(=O)N2)CC1. The van der Waals surface area contributed by atoms with Crippen molar-refractivity contribution in [3.63, 3.8) is 0 Å². The van der Waals surface area contributed by atoms with Crippen LogP contribution in [-0.2, 0) is 9.59 Å². The summed E-state index contributed by atoms with van der Waals surface area (Å²) in [6.07, 6.45) is 3.55. The Morgan fingerprint density at radius 3 is 2.29 bits per heavy atom. The molecule has 0 spiro atoms. The summed E-state index contributed by atoms with van der Waals surface area (Å²) in [5, 5.41) is 14.2. The number of aliphatic hydroxyl groups is 1. The third-order valence-corrected chi connectivity index (χ3v) is 3.52. The monoisotopic (exact) mass is 239 g/mol. The predicted molar refractivity (Wildman–Crippen MR) is 61.2 cm³/mol. The van der Waals surface area contributed by atoms with Crippen LogP contribution < -0.4 is 10.6 Å². The zero-order chi connectivity index (χ0) is 12.5. The van der Waals surface area contributed by atoms with Crippen molar-refractivity contribution >= 4 is 17.8 Å². The standard InChI is InChI=1S/C11H17N3O3/c1-7-2-4-11(6-15,5-3-7)14-10-12-8(16)9(17)13-10/h7,15H,2-6H2,1H3,(H2,12,13,14,16,17). The van der Waals surface area contributed by atoms with E-state index in [4.69, 9.17) is 0 Å². The molecule has 0 bridgehead atoms. The van der Waals surface area contributed by atoms with E-state index in [9.17, 15) is 14.7 Å². The van der Waals surface area contributed by atoms with Gasteiger partial charge in [-0.1, -0.05) is 6.92 Å². The van der Waals surface area contributed by atoms with Crippen LogP contribution in [0.4, 0.5) is 0 Å². The number of nitrogens with one attached hydrogen (secondary N) is 2. The first-order valence-corrected chi connectivity index (χ1v) is 5.88. The number of nitrogens with zero attached hydrogens (tertiary/aromatic N) is 1. The Kier molecular flexibility index (Phi) is 3.15. The molecule has 3 N–H and O–H groups in total. The van der Waals surface area contributed by atoms with Gasteiger partial charge in [-0.3, -0.25) is 20.2 Å². The fourth-order valence-corrected chi connectivity index (χ4v) is 2.26. The second kappa shape index (κ2) is 4.44. The summed E-state index contributed by atoms with van der Waals surface area (Å²) >= 11 is 0. The normalized spacial score (nSPS) is 33.3. The fourth-order valence-electron chi connectivity index (χ4n) is 2.26. The second-order valence-electron chi connectivity index (χ2n) is 4.93. The van der Waals surface area contributed by atoms with Crippen LogP contribution in [0.2, 0.25) is 0 Å². The van der Waals surface area contributed by atoms with Gasteiger partial charge in [0.15, 0.2) is 0 Å². The molecule has 1 saturated heterocycles. The molecular weight excluding hydrogens is 222 g/mol. The lowest BCUT2D eigenvalue weighted by Gasteiger charge is -2.34. The van der Waals surface area contributed by atoms with Crippen LogP contribution in [0.1, 0.15) is 32.6 Å². The molecule has 0 atom stereocenters. The van der Waals surface area contributed by atoms with Gasteiger partial charge in [-0.05, 0) is 31.6 Å². The summed E-state index contributed by atoms with van der Waals surface area (Å²) in [5.74, 6) is -0.576. The van der Waals surface area contributed by atoms with Gasteiger partial charge in [0.25, 0.3) is 0 Å². The van der Waals surface area contributed by atoms with E-state index < -0.39 is 17.4 Å². The van der Waals surface area contributed by atoms with Gasteiger partial charge in [0, 0.05) is 0 Å². The van der Waals surface area contributed by atoms with Crippen LogP contribution >= 0.6 is 0 Å². The quantitative estimate of drug-likeness (QED) is 0.569. The third kappa shape index (κ3) is 2.46. The van der Waals surface area contributed by atoms with Crippen molar-refractivity contribution in [2.24, 2.45) is 10.9 Å². The van der Waals surface area contributed by atoms with Crippen LogP contribution in [0.3, 0.4) is 0 Å². The van der Waals surface area contributed by atoms with Gasteiger partial charge in [0.05, 0.1) is 12.1 Å². The number of aliphatic imine (C=N–C) groups is 1. The van der Waals surface area contributed by atoms with Crippen molar-refractivity contribution in [3.8, 4) is 0 Å². The van der Waals surface area contributed by atoms with Crippen LogP contribution in [0, 0.1) is 5.92 Å². The molecule has 1 saturated carbocycles. The maximum atomic E-state index is 11.0. The van der Waals surface area contributed by atoms with Gasteiger partial charge in [0.2, 0.25) is 5.96 Å². The van der Waals surface area contributed by atoms with Gasteiger partial charge >= 0.3 is 11.8 Å². The minimum atomic E-state index is -0.694. The minimum absolute atomic E-state index is 0.0606. The third-order valence-electron chi connectivity index (χ3n) is 3.52. The minimum Gasteiger partial charge on any atom is -0.394 e. The highest BCUT2D eigenvalue weighted by atomic mass is 16.3. The molecule has 2 aliphatic rings. The average molecular weight is 239 g/mol. The Morgan fingerprint density at radius 2 is 1.82 bits per heavy atom. The Labute approximate surface area is 99.5 Å². The van der Waals surface area contributed by atoms with Crippen molar-refractivity contribution < 1.29 is 14.7 Å². The summed E-state index contributed by atoms with van der Waals surface area (Å²) in [4.78, 5) is 26.3. The predicted octanol–water partition coefficient (Wildman–Crippen LogP) is -0.470. The highest BCUT2D eigenvalue weighted by Crippen LogP contribution is 2.34. The first-order chi connectivity index (χ1) is 8.04. The summed E-state index contributed by atoms with van der Waals surface area (Å²) < 4.78 is 0. The topological polar surface area (TPSA) is 90.8 Å². The second-order valence-corrected chi connectivity index (χ2v) is 4.93. The number of guanidine groups is 1. The van der Waals surface area contributed by atoms with E-state index in [0.717, 1.165) is 25.7 Å². The molecular formula is C11H17N3O3. The molecule has 0 aromatic rings. The van der Waals surface area contributed by atoms with Gasteiger partial charge < -0.3 is 5.11 Å². The maximum absolute atomic E-state index is 11.0. The lowest BCUT2D eigenvalue weighted by Crippen LogP contribution is -2.40. The van der Waals surface area contributed by atoms with Gasteiger partial charge in [-0.15, -0.1) is 0 Å². The van der Waals surface area contributed by atoms with Crippen molar-refractivity contribution in [2.75, 3.05) is 6.61 Å². The molecule has 1 heterocycles. The molecule has 0 aromatic carbocycles. The Balaban J connectivity index is 2.12. The van der Waals surface area contributed by atoms with E-state index in [0.29, 0.717) is 5.92 Å². The molecule has 17 heavy (non-hydrogen) atoms.